The second-order valence-electron chi connectivity index (χ2n) is 5.14. The fraction of sp³-hybridized carbons (Fsp3) is 0.250. The van der Waals surface area contributed by atoms with Crippen LogP contribution >= 0.6 is 0 Å². The minimum absolute atomic E-state index is 0.0895. The summed E-state index contributed by atoms with van der Waals surface area (Å²) in [5, 5.41) is 9.34. The predicted molar refractivity (Wildman–Crippen MR) is 83.2 cm³/mol. The molecule has 0 aliphatic carbocycles. The summed E-state index contributed by atoms with van der Waals surface area (Å²) in [6.45, 7) is 1.84. The Bertz CT molecular complexity index is 752. The van der Waals surface area contributed by atoms with Crippen molar-refractivity contribution in [2.24, 2.45) is 0 Å². The van der Waals surface area contributed by atoms with Gasteiger partial charge in [-0.05, 0) is 6.92 Å². The highest BCUT2D eigenvalue weighted by Gasteiger charge is 2.13. The molecule has 2 aromatic heterocycles. The maximum absolute atomic E-state index is 12.0. The molecule has 0 aliphatic rings. The molecule has 0 bridgehead atoms. The van der Waals surface area contributed by atoms with Crippen molar-refractivity contribution in [2.45, 2.75) is 25.8 Å². The first-order chi connectivity index (χ1) is 11.2. The van der Waals surface area contributed by atoms with E-state index >= 15 is 0 Å². The smallest absolute Gasteiger partial charge is 0.221 e. The number of hydrogen-bond acceptors (Lipinski definition) is 5. The number of rotatable bonds is 6. The number of benzene rings is 1. The van der Waals surface area contributed by atoms with Gasteiger partial charge < -0.3 is 9.73 Å². The van der Waals surface area contributed by atoms with E-state index in [1.165, 1.54) is 6.33 Å². The van der Waals surface area contributed by atoms with Crippen LogP contribution in [0, 0.1) is 0 Å². The Morgan fingerprint density at radius 3 is 2.87 bits per heavy atom. The van der Waals surface area contributed by atoms with Crippen LogP contribution < -0.4 is 5.32 Å². The molecule has 118 valence electrons. The van der Waals surface area contributed by atoms with Gasteiger partial charge in [0.2, 0.25) is 5.91 Å². The molecule has 2 N–H and O–H groups in total. The van der Waals surface area contributed by atoms with Gasteiger partial charge in [0.15, 0.2) is 11.7 Å². The quantitative estimate of drug-likeness (QED) is 0.728. The van der Waals surface area contributed by atoms with Gasteiger partial charge in [0, 0.05) is 18.4 Å². The number of nitrogens with one attached hydrogen (secondary N) is 2. The Labute approximate surface area is 133 Å². The van der Waals surface area contributed by atoms with Gasteiger partial charge in [0.05, 0.1) is 12.2 Å². The van der Waals surface area contributed by atoms with E-state index in [1.54, 1.807) is 6.20 Å². The topological polar surface area (TPSA) is 96.7 Å². The lowest BCUT2D eigenvalue weighted by Crippen LogP contribution is -2.27. The first-order valence-corrected chi connectivity index (χ1v) is 7.37. The number of oxazole rings is 1. The second-order valence-corrected chi connectivity index (χ2v) is 5.14. The van der Waals surface area contributed by atoms with E-state index in [1.807, 2.05) is 37.3 Å². The Morgan fingerprint density at radius 2 is 2.13 bits per heavy atom. The predicted octanol–water partition coefficient (Wildman–Crippen LogP) is 2.27. The third kappa shape index (κ3) is 3.82. The van der Waals surface area contributed by atoms with E-state index < -0.39 is 0 Å². The zero-order valence-corrected chi connectivity index (χ0v) is 12.7. The van der Waals surface area contributed by atoms with E-state index in [-0.39, 0.29) is 11.9 Å². The van der Waals surface area contributed by atoms with Gasteiger partial charge in [-0.15, -0.1) is 0 Å². The van der Waals surface area contributed by atoms with Gasteiger partial charge in [-0.2, -0.15) is 5.10 Å². The maximum Gasteiger partial charge on any atom is 0.221 e. The third-order valence-electron chi connectivity index (χ3n) is 3.40. The summed E-state index contributed by atoms with van der Waals surface area (Å²) in [6.07, 6.45) is 3.84. The number of aromatic nitrogens is 4. The van der Waals surface area contributed by atoms with E-state index in [4.69, 9.17) is 4.42 Å². The number of carbonyl (C=O) groups excluding carboxylic acids is 1. The molecule has 1 aromatic carbocycles. The number of hydrogen-bond donors (Lipinski definition) is 2. The van der Waals surface area contributed by atoms with Crippen LogP contribution in [-0.2, 0) is 11.2 Å². The van der Waals surface area contributed by atoms with Gasteiger partial charge in [-0.25, -0.2) is 9.97 Å². The molecule has 0 saturated heterocycles. The van der Waals surface area contributed by atoms with Gasteiger partial charge in [-0.3, -0.25) is 9.89 Å². The van der Waals surface area contributed by atoms with Gasteiger partial charge in [0.25, 0.3) is 0 Å². The van der Waals surface area contributed by atoms with Crippen LogP contribution in [0.25, 0.3) is 11.3 Å². The molecule has 1 amide bonds. The van der Waals surface area contributed by atoms with Gasteiger partial charge in [0.1, 0.15) is 12.2 Å². The van der Waals surface area contributed by atoms with Crippen molar-refractivity contribution in [3.8, 4) is 11.3 Å². The Hall–Kier alpha value is -2.96. The lowest BCUT2D eigenvalue weighted by atomic mass is 10.2. The van der Waals surface area contributed by atoms with Crippen molar-refractivity contribution in [3.63, 3.8) is 0 Å². The first kappa shape index (κ1) is 15.0. The molecule has 7 nitrogen and oxygen atoms in total. The third-order valence-corrected chi connectivity index (χ3v) is 3.40. The molecular formula is C16H17N5O2. The summed E-state index contributed by atoms with van der Waals surface area (Å²) >= 11 is 0. The average Bonchev–Trinajstić information content (AvgIpc) is 3.25. The van der Waals surface area contributed by atoms with Crippen molar-refractivity contribution in [3.05, 3.63) is 54.6 Å². The average molecular weight is 311 g/mol. The number of nitrogens with zero attached hydrogens (tertiary/aromatic N) is 3. The molecule has 0 fully saturated rings. The molecule has 3 rings (SSSR count). The first-order valence-electron chi connectivity index (χ1n) is 7.37. The number of amides is 1. The van der Waals surface area contributed by atoms with Gasteiger partial charge >= 0.3 is 0 Å². The van der Waals surface area contributed by atoms with Crippen molar-refractivity contribution in [1.29, 1.82) is 0 Å². The fourth-order valence-corrected chi connectivity index (χ4v) is 2.19. The van der Waals surface area contributed by atoms with Crippen molar-refractivity contribution >= 4 is 5.91 Å². The van der Waals surface area contributed by atoms with E-state index in [2.05, 4.69) is 25.5 Å². The van der Waals surface area contributed by atoms with Crippen LogP contribution in [0.1, 0.15) is 31.1 Å². The molecule has 0 saturated carbocycles. The number of H-pyrrole nitrogens is 1. The van der Waals surface area contributed by atoms with Gasteiger partial charge in [-0.1, -0.05) is 30.3 Å². The molecule has 0 radical (unpaired) electrons. The summed E-state index contributed by atoms with van der Waals surface area (Å²) in [4.78, 5) is 20.2. The Balaban J connectivity index is 1.52. The summed E-state index contributed by atoms with van der Waals surface area (Å²) in [5.41, 5.74) is 0.967. The summed E-state index contributed by atoms with van der Waals surface area (Å²) in [7, 11) is 0. The van der Waals surface area contributed by atoms with Crippen LogP contribution in [0.15, 0.2) is 47.3 Å². The van der Waals surface area contributed by atoms with E-state index in [0.29, 0.717) is 30.3 Å². The highest BCUT2D eigenvalue weighted by atomic mass is 16.4. The highest BCUT2D eigenvalue weighted by molar-refractivity contribution is 5.76. The number of aryl methyl sites for hydroxylation is 1. The van der Waals surface area contributed by atoms with Crippen LogP contribution in [0.4, 0.5) is 0 Å². The second kappa shape index (κ2) is 6.87. The van der Waals surface area contributed by atoms with Crippen LogP contribution in [0.5, 0.6) is 0 Å². The molecular weight excluding hydrogens is 294 g/mol. The standard InChI is InChI=1S/C16H17N5O2/c1-11(16-18-10-19-21-16)20-14(22)7-8-15-17-9-13(23-15)12-5-3-2-4-6-12/h2-6,9-11H,7-8H2,1H3,(H,20,22)(H,18,19,21). The molecule has 2 heterocycles. The minimum Gasteiger partial charge on any atom is -0.441 e. The summed E-state index contributed by atoms with van der Waals surface area (Å²) < 4.78 is 5.68. The number of aromatic amines is 1. The molecule has 0 aliphatic heterocycles. The Kier molecular flexibility index (Phi) is 4.46. The van der Waals surface area contributed by atoms with Crippen molar-refractivity contribution in [1.82, 2.24) is 25.5 Å². The van der Waals surface area contributed by atoms with E-state index in [9.17, 15) is 4.79 Å². The minimum atomic E-state index is -0.213. The largest absolute Gasteiger partial charge is 0.441 e. The molecule has 1 atom stereocenters. The molecule has 23 heavy (non-hydrogen) atoms. The molecule has 7 heteroatoms. The lowest BCUT2D eigenvalue weighted by Gasteiger charge is -2.10. The van der Waals surface area contributed by atoms with Crippen LogP contribution in [-0.4, -0.2) is 26.1 Å². The van der Waals surface area contributed by atoms with Crippen molar-refractivity contribution in [2.75, 3.05) is 0 Å². The maximum atomic E-state index is 12.0. The zero-order chi connectivity index (χ0) is 16.1. The molecule has 0 spiro atoms. The Morgan fingerprint density at radius 1 is 1.30 bits per heavy atom. The summed E-state index contributed by atoms with van der Waals surface area (Å²) in [6, 6.07) is 9.52. The van der Waals surface area contributed by atoms with E-state index in [0.717, 1.165) is 5.56 Å². The lowest BCUT2D eigenvalue weighted by molar-refractivity contribution is -0.121. The van der Waals surface area contributed by atoms with Crippen molar-refractivity contribution < 1.29 is 9.21 Å². The molecule has 3 aromatic rings. The SMILES string of the molecule is CC(NC(=O)CCc1ncc(-c2ccccc2)o1)c1ncn[nH]1. The highest BCUT2D eigenvalue weighted by Crippen LogP contribution is 2.20. The zero-order valence-electron chi connectivity index (χ0n) is 12.7. The van der Waals surface area contributed by atoms with Crippen LogP contribution in [0.2, 0.25) is 0 Å². The fourth-order valence-electron chi connectivity index (χ4n) is 2.19. The summed E-state index contributed by atoms with van der Waals surface area (Å²) in [5.74, 6) is 1.79. The monoisotopic (exact) mass is 311 g/mol. The normalized spacial score (nSPS) is 12.0. The number of carbonyl (C=O) groups is 1. The van der Waals surface area contributed by atoms with Crippen LogP contribution in [0.3, 0.4) is 0 Å². The molecule has 1 unspecified atom stereocenters.